The molecular weight excluding hydrogens is 552 g/mol. The van der Waals surface area contributed by atoms with Crippen molar-refractivity contribution in [3.63, 3.8) is 0 Å². The SMILES string of the molecule is CC(C)[C@H](NC(=O)c1ccncc1)C(=O)CCCCCCCCCCCCCCC(=O)[C@@H](NC(=O)c1ccncc1)C(C)C. The summed E-state index contributed by atoms with van der Waals surface area (Å²) in [6, 6.07) is 5.70. The van der Waals surface area contributed by atoms with Gasteiger partial charge >= 0.3 is 0 Å². The van der Waals surface area contributed by atoms with Crippen molar-refractivity contribution in [2.24, 2.45) is 11.8 Å². The van der Waals surface area contributed by atoms with E-state index in [1.54, 1.807) is 49.1 Å². The van der Waals surface area contributed by atoms with Gasteiger partial charge in [-0.15, -0.1) is 0 Å². The van der Waals surface area contributed by atoms with Gasteiger partial charge in [0.1, 0.15) is 0 Å². The standard InChI is InChI=1S/C36H54N4O4/c1-27(2)33(39-35(43)29-19-23-37-24-20-29)31(41)17-15-13-11-9-7-5-6-8-10-12-14-16-18-32(42)34(28(3)4)40-36(44)30-21-25-38-26-22-30/h19-28,33-34H,5-18H2,1-4H3,(H,39,43)(H,40,44)/t33-,34-/m0/s1. The van der Waals surface area contributed by atoms with Crippen molar-refractivity contribution in [3.05, 3.63) is 60.2 Å². The number of nitrogens with one attached hydrogen (secondary N) is 2. The largest absolute Gasteiger partial charge is 0.342 e. The lowest BCUT2D eigenvalue weighted by atomic mass is 9.95. The molecule has 2 aromatic heterocycles. The number of unbranched alkanes of at least 4 members (excludes halogenated alkanes) is 11. The van der Waals surface area contributed by atoms with E-state index in [-0.39, 0.29) is 35.2 Å². The first-order valence-corrected chi connectivity index (χ1v) is 16.7. The maximum absolute atomic E-state index is 12.8. The summed E-state index contributed by atoms with van der Waals surface area (Å²) in [6.45, 7) is 7.86. The predicted octanol–water partition coefficient (Wildman–Crippen LogP) is 7.29. The zero-order valence-electron chi connectivity index (χ0n) is 27.4. The number of nitrogens with zero attached hydrogens (tertiary/aromatic N) is 2. The van der Waals surface area contributed by atoms with Gasteiger partial charge in [0.15, 0.2) is 11.6 Å². The maximum atomic E-state index is 12.8. The van der Waals surface area contributed by atoms with Gasteiger partial charge in [0.05, 0.1) is 12.1 Å². The van der Waals surface area contributed by atoms with Crippen molar-refractivity contribution in [1.29, 1.82) is 0 Å². The Morgan fingerprint density at radius 3 is 1.05 bits per heavy atom. The summed E-state index contributed by atoms with van der Waals surface area (Å²) >= 11 is 0. The third-order valence-corrected chi connectivity index (χ3v) is 8.08. The number of carbonyl (C=O) groups excluding carboxylic acids is 4. The molecule has 0 bridgehead atoms. The molecule has 0 radical (unpaired) electrons. The Bertz CT molecular complexity index is 1030. The van der Waals surface area contributed by atoms with Crippen LogP contribution >= 0.6 is 0 Å². The topological polar surface area (TPSA) is 118 Å². The van der Waals surface area contributed by atoms with Crippen LogP contribution in [0.25, 0.3) is 0 Å². The van der Waals surface area contributed by atoms with Crippen LogP contribution in [0.3, 0.4) is 0 Å². The quantitative estimate of drug-likeness (QED) is 0.128. The number of hydrogen-bond acceptors (Lipinski definition) is 6. The fourth-order valence-electron chi connectivity index (χ4n) is 5.37. The zero-order valence-corrected chi connectivity index (χ0v) is 27.4. The molecule has 2 N–H and O–H groups in total. The number of carbonyl (C=O) groups is 4. The second-order valence-corrected chi connectivity index (χ2v) is 12.5. The molecule has 0 aliphatic heterocycles. The highest BCUT2D eigenvalue weighted by atomic mass is 16.2. The van der Waals surface area contributed by atoms with E-state index in [1.165, 1.54) is 38.5 Å². The van der Waals surface area contributed by atoms with Crippen LogP contribution in [0.15, 0.2) is 49.1 Å². The minimum atomic E-state index is -0.459. The van der Waals surface area contributed by atoms with Crippen LogP contribution in [0, 0.1) is 11.8 Å². The van der Waals surface area contributed by atoms with Crippen LogP contribution in [0.5, 0.6) is 0 Å². The second kappa shape index (κ2) is 21.3. The van der Waals surface area contributed by atoms with Gasteiger partial charge in [-0.05, 0) is 48.9 Å². The van der Waals surface area contributed by atoms with E-state index in [1.807, 2.05) is 27.7 Å². The number of pyridine rings is 2. The molecule has 44 heavy (non-hydrogen) atoms. The number of hydrogen-bond donors (Lipinski definition) is 2. The van der Waals surface area contributed by atoms with E-state index in [9.17, 15) is 19.2 Å². The van der Waals surface area contributed by atoms with Gasteiger partial charge in [-0.25, -0.2) is 0 Å². The molecular formula is C36H54N4O4. The van der Waals surface area contributed by atoms with Gasteiger partial charge in [-0.2, -0.15) is 0 Å². The molecule has 0 spiro atoms. The van der Waals surface area contributed by atoms with Crippen molar-refractivity contribution >= 4 is 23.4 Å². The lowest BCUT2D eigenvalue weighted by Gasteiger charge is -2.21. The van der Waals surface area contributed by atoms with Gasteiger partial charge in [0.25, 0.3) is 11.8 Å². The highest BCUT2D eigenvalue weighted by Crippen LogP contribution is 2.16. The summed E-state index contributed by atoms with van der Waals surface area (Å²) in [5.41, 5.74) is 1.04. The highest BCUT2D eigenvalue weighted by Gasteiger charge is 2.25. The van der Waals surface area contributed by atoms with E-state index < -0.39 is 12.1 Å². The summed E-state index contributed by atoms with van der Waals surface area (Å²) in [7, 11) is 0. The number of rotatable bonds is 23. The van der Waals surface area contributed by atoms with Crippen LogP contribution in [-0.2, 0) is 9.59 Å². The molecule has 0 fully saturated rings. The van der Waals surface area contributed by atoms with Crippen LogP contribution in [0.2, 0.25) is 0 Å². The van der Waals surface area contributed by atoms with Crippen LogP contribution in [0.4, 0.5) is 0 Å². The molecule has 0 saturated heterocycles. The highest BCUT2D eigenvalue weighted by molar-refractivity contribution is 5.98. The molecule has 2 heterocycles. The normalized spacial score (nSPS) is 12.6. The average molecular weight is 607 g/mol. The molecule has 0 saturated carbocycles. The molecule has 0 aromatic carbocycles. The summed E-state index contributed by atoms with van der Waals surface area (Å²) in [6.07, 6.45) is 20.7. The molecule has 8 nitrogen and oxygen atoms in total. The Kier molecular flexibility index (Phi) is 17.8. The molecule has 2 rings (SSSR count). The van der Waals surface area contributed by atoms with Gasteiger partial charge in [-0.3, -0.25) is 29.1 Å². The fourth-order valence-corrected chi connectivity index (χ4v) is 5.37. The summed E-state index contributed by atoms with van der Waals surface area (Å²) < 4.78 is 0. The number of amides is 2. The first-order valence-electron chi connectivity index (χ1n) is 16.7. The Morgan fingerprint density at radius 1 is 0.500 bits per heavy atom. The maximum Gasteiger partial charge on any atom is 0.251 e. The summed E-state index contributed by atoms with van der Waals surface area (Å²) in [4.78, 5) is 58.4. The van der Waals surface area contributed by atoms with E-state index in [0.29, 0.717) is 24.0 Å². The molecule has 0 aliphatic carbocycles. The lowest BCUT2D eigenvalue weighted by molar-refractivity contribution is -0.122. The minimum Gasteiger partial charge on any atom is -0.342 e. The predicted molar refractivity (Wildman–Crippen MR) is 175 cm³/mol. The number of ketones is 2. The van der Waals surface area contributed by atoms with Gasteiger partial charge in [-0.1, -0.05) is 91.9 Å². The molecule has 0 aliphatic rings. The zero-order chi connectivity index (χ0) is 32.2. The number of Topliss-reactive ketones (excluding diaryl/α,β-unsaturated/α-hetero) is 2. The summed E-state index contributed by atoms with van der Waals surface area (Å²) in [5.74, 6) is -0.140. The Morgan fingerprint density at radius 2 is 0.773 bits per heavy atom. The van der Waals surface area contributed by atoms with Crippen LogP contribution < -0.4 is 10.6 Å². The molecule has 242 valence electrons. The van der Waals surface area contributed by atoms with Crippen LogP contribution in [0.1, 0.15) is 138 Å². The molecule has 2 amide bonds. The lowest BCUT2D eigenvalue weighted by Crippen LogP contribution is -2.44. The second-order valence-electron chi connectivity index (χ2n) is 12.5. The van der Waals surface area contributed by atoms with E-state index in [4.69, 9.17) is 0 Å². The van der Waals surface area contributed by atoms with E-state index in [2.05, 4.69) is 20.6 Å². The monoisotopic (exact) mass is 606 g/mol. The Hall–Kier alpha value is -3.42. The van der Waals surface area contributed by atoms with Crippen molar-refractivity contribution < 1.29 is 19.2 Å². The average Bonchev–Trinajstić information content (AvgIpc) is 3.02. The molecule has 2 aromatic rings. The van der Waals surface area contributed by atoms with E-state index in [0.717, 1.165) is 38.5 Å². The Labute approximate surface area is 264 Å². The first-order chi connectivity index (χ1) is 21.2. The first kappa shape index (κ1) is 36.8. The third-order valence-electron chi connectivity index (χ3n) is 8.08. The molecule has 8 heteroatoms. The third kappa shape index (κ3) is 14.4. The van der Waals surface area contributed by atoms with Gasteiger partial charge in [0.2, 0.25) is 0 Å². The smallest absolute Gasteiger partial charge is 0.251 e. The Balaban J connectivity index is 1.46. The van der Waals surface area contributed by atoms with Crippen molar-refractivity contribution in [1.82, 2.24) is 20.6 Å². The molecule has 0 unspecified atom stereocenters. The van der Waals surface area contributed by atoms with Crippen LogP contribution in [-0.4, -0.2) is 45.4 Å². The van der Waals surface area contributed by atoms with E-state index >= 15 is 0 Å². The van der Waals surface area contributed by atoms with Crippen molar-refractivity contribution in [3.8, 4) is 0 Å². The van der Waals surface area contributed by atoms with Crippen molar-refractivity contribution in [2.45, 2.75) is 130 Å². The van der Waals surface area contributed by atoms with Crippen molar-refractivity contribution in [2.75, 3.05) is 0 Å². The summed E-state index contributed by atoms with van der Waals surface area (Å²) in [5, 5.41) is 5.81. The molecule has 2 atom stereocenters. The van der Waals surface area contributed by atoms with Gasteiger partial charge in [0, 0.05) is 48.8 Å². The fraction of sp³-hybridized carbons (Fsp3) is 0.611. The minimum absolute atomic E-state index is 0.0469. The number of aromatic nitrogens is 2. The van der Waals surface area contributed by atoms with Gasteiger partial charge < -0.3 is 10.6 Å².